The molecule has 0 saturated carbocycles. The maximum absolute atomic E-state index is 11.9. The van der Waals surface area contributed by atoms with Crippen LogP contribution in [0, 0.1) is 5.41 Å². The van der Waals surface area contributed by atoms with E-state index in [4.69, 9.17) is 20.6 Å². The highest BCUT2D eigenvalue weighted by molar-refractivity contribution is 5.95. The maximum Gasteiger partial charge on any atom is 0.330 e. The fourth-order valence-corrected chi connectivity index (χ4v) is 2.56. The van der Waals surface area contributed by atoms with E-state index in [1.54, 1.807) is 49.4 Å². The van der Waals surface area contributed by atoms with Gasteiger partial charge >= 0.3 is 5.97 Å². The lowest BCUT2D eigenvalue weighted by Crippen LogP contribution is -2.21. The van der Waals surface area contributed by atoms with Gasteiger partial charge in [-0.2, -0.15) is 0 Å². The van der Waals surface area contributed by atoms with Crippen LogP contribution in [0.4, 0.5) is 5.69 Å². The van der Waals surface area contributed by atoms with E-state index in [2.05, 4.69) is 5.32 Å². The van der Waals surface area contributed by atoms with Crippen molar-refractivity contribution in [1.29, 1.82) is 5.41 Å². The highest BCUT2D eigenvalue weighted by Crippen LogP contribution is 2.29. The van der Waals surface area contributed by atoms with Gasteiger partial charge in [-0.1, -0.05) is 6.92 Å². The van der Waals surface area contributed by atoms with Gasteiger partial charge in [0.25, 0.3) is 0 Å². The zero-order chi connectivity index (χ0) is 21.4. The Morgan fingerprint density at radius 1 is 1.10 bits per heavy atom. The second-order valence-corrected chi connectivity index (χ2v) is 6.26. The van der Waals surface area contributed by atoms with Gasteiger partial charge in [0, 0.05) is 23.7 Å². The largest absolute Gasteiger partial charge is 0.494 e. The monoisotopic (exact) mass is 399 g/mol. The van der Waals surface area contributed by atoms with Crippen molar-refractivity contribution in [3.8, 4) is 11.5 Å². The summed E-state index contributed by atoms with van der Waals surface area (Å²) >= 11 is 0. The van der Waals surface area contributed by atoms with Crippen molar-refractivity contribution in [3.63, 3.8) is 0 Å². The summed E-state index contributed by atoms with van der Waals surface area (Å²) in [6.45, 7) is 3.87. The highest BCUT2D eigenvalue weighted by Gasteiger charge is 2.22. The molecule has 0 aliphatic rings. The molecule has 0 unspecified atom stereocenters. The van der Waals surface area contributed by atoms with E-state index < -0.39 is 12.0 Å². The third kappa shape index (κ3) is 6.24. The van der Waals surface area contributed by atoms with Gasteiger partial charge in [0.05, 0.1) is 6.61 Å². The van der Waals surface area contributed by atoms with E-state index in [1.807, 2.05) is 6.92 Å². The first kappa shape index (κ1) is 21.7. The molecule has 0 aliphatic heterocycles. The molecule has 0 aromatic heterocycles. The van der Waals surface area contributed by atoms with Crippen molar-refractivity contribution >= 4 is 23.3 Å². The highest BCUT2D eigenvalue weighted by atomic mass is 16.5. The number of nitrogen functional groups attached to an aromatic ring is 1. The molecule has 2 rings (SSSR count). The first-order valence-corrected chi connectivity index (χ1v) is 9.20. The van der Waals surface area contributed by atoms with Gasteiger partial charge in [0.1, 0.15) is 23.9 Å². The number of ketones is 1. The number of hydrogen-bond acceptors (Lipinski definition) is 6. The number of carboxylic acid groups (broad SMARTS) is 1. The molecule has 0 spiro atoms. The number of nitrogens with two attached hydrogens (primary N) is 1. The number of amidine groups is 1. The Morgan fingerprint density at radius 2 is 1.72 bits per heavy atom. The van der Waals surface area contributed by atoms with Crippen LogP contribution in [0.1, 0.15) is 37.4 Å². The van der Waals surface area contributed by atoms with Crippen molar-refractivity contribution in [3.05, 3.63) is 53.6 Å². The Hall–Kier alpha value is -3.55. The number of carbonyl (C=O) groups is 2. The second kappa shape index (κ2) is 10.1. The van der Waals surface area contributed by atoms with E-state index in [9.17, 15) is 14.7 Å². The number of Topliss-reactive ketones (excluding diaryl/α,β-unsaturated/α-hetero) is 1. The lowest BCUT2D eigenvalue weighted by atomic mass is 10.1. The van der Waals surface area contributed by atoms with Gasteiger partial charge < -0.3 is 25.6 Å². The Kier molecular flexibility index (Phi) is 7.59. The van der Waals surface area contributed by atoms with Crippen LogP contribution in [0.25, 0.3) is 0 Å². The molecule has 0 saturated heterocycles. The number of carbonyl (C=O) groups excluding carboxylic acids is 1. The molecule has 1 atom stereocenters. The minimum Gasteiger partial charge on any atom is -0.494 e. The fraction of sp³-hybridized carbons (Fsp3) is 0.286. The third-order valence-electron chi connectivity index (χ3n) is 4.09. The number of hydrogen-bond donors (Lipinski definition) is 4. The Bertz CT molecular complexity index is 880. The Morgan fingerprint density at radius 3 is 2.24 bits per heavy atom. The van der Waals surface area contributed by atoms with E-state index >= 15 is 0 Å². The van der Waals surface area contributed by atoms with Gasteiger partial charge in [-0.25, -0.2) is 4.79 Å². The predicted molar refractivity (Wildman–Crippen MR) is 110 cm³/mol. The van der Waals surface area contributed by atoms with Gasteiger partial charge in [0.2, 0.25) is 0 Å². The summed E-state index contributed by atoms with van der Waals surface area (Å²) in [5.74, 6) is -0.424. The van der Waals surface area contributed by atoms with Crippen molar-refractivity contribution in [2.24, 2.45) is 5.73 Å². The van der Waals surface area contributed by atoms with Gasteiger partial charge in [-0.15, -0.1) is 0 Å². The molecule has 0 bridgehead atoms. The van der Waals surface area contributed by atoms with Gasteiger partial charge in [-0.05, 0) is 48.9 Å². The van der Waals surface area contributed by atoms with Crippen LogP contribution in [-0.4, -0.2) is 35.9 Å². The first-order chi connectivity index (χ1) is 13.8. The molecule has 0 heterocycles. The molecular weight excluding hydrogens is 374 g/mol. The molecule has 2 aromatic rings. The van der Waals surface area contributed by atoms with Crippen LogP contribution in [0.5, 0.6) is 11.5 Å². The lowest BCUT2D eigenvalue weighted by molar-refractivity contribution is -0.138. The smallest absolute Gasteiger partial charge is 0.330 e. The number of aliphatic carboxylic acids is 1. The van der Waals surface area contributed by atoms with Crippen molar-refractivity contribution in [2.45, 2.75) is 26.3 Å². The Balaban J connectivity index is 2.32. The molecule has 154 valence electrons. The molecule has 2 aromatic carbocycles. The molecule has 0 fully saturated rings. The molecule has 0 radical (unpaired) electrons. The summed E-state index contributed by atoms with van der Waals surface area (Å²) in [5.41, 5.74) is 6.95. The average Bonchev–Trinajstić information content (AvgIpc) is 2.70. The van der Waals surface area contributed by atoms with Gasteiger partial charge in [0.15, 0.2) is 11.8 Å². The number of nitrogens with one attached hydrogen (secondary N) is 2. The average molecular weight is 399 g/mol. The second-order valence-electron chi connectivity index (χ2n) is 6.26. The SMILES string of the molecule is CCOc1cc(OCC(=O)CC)cc([C@@H](Nc2ccc(C(=N)N)cc2)C(=O)O)c1. The number of carboxylic acids is 1. The molecule has 0 amide bonds. The maximum atomic E-state index is 11.9. The van der Waals surface area contributed by atoms with Crippen LogP contribution in [0.15, 0.2) is 42.5 Å². The summed E-state index contributed by atoms with van der Waals surface area (Å²) in [4.78, 5) is 23.5. The molecule has 0 aliphatic carbocycles. The number of ether oxygens (including phenoxy) is 2. The zero-order valence-electron chi connectivity index (χ0n) is 16.4. The third-order valence-corrected chi connectivity index (χ3v) is 4.09. The summed E-state index contributed by atoms with van der Waals surface area (Å²) in [7, 11) is 0. The molecule has 8 nitrogen and oxygen atoms in total. The summed E-state index contributed by atoms with van der Waals surface area (Å²) in [6, 6.07) is 10.3. The fourth-order valence-electron chi connectivity index (χ4n) is 2.56. The normalized spacial score (nSPS) is 11.4. The van der Waals surface area contributed by atoms with Gasteiger partial charge in [-0.3, -0.25) is 10.2 Å². The van der Waals surface area contributed by atoms with E-state index in [1.165, 1.54) is 0 Å². The number of rotatable bonds is 11. The van der Waals surface area contributed by atoms with Crippen LogP contribution >= 0.6 is 0 Å². The Labute approximate surface area is 169 Å². The quantitative estimate of drug-likeness (QED) is 0.337. The van der Waals surface area contributed by atoms with E-state index in [0.717, 1.165) is 0 Å². The van der Waals surface area contributed by atoms with Crippen LogP contribution in [-0.2, 0) is 9.59 Å². The number of anilines is 1. The van der Waals surface area contributed by atoms with Crippen molar-refractivity contribution < 1.29 is 24.2 Å². The van der Waals surface area contributed by atoms with Crippen molar-refractivity contribution in [2.75, 3.05) is 18.5 Å². The van der Waals surface area contributed by atoms with Crippen LogP contribution in [0.3, 0.4) is 0 Å². The standard InChI is InChI=1S/C21H25N3O5/c1-3-16(25)12-29-18-10-14(9-17(11-18)28-4-2)19(21(26)27)24-15-7-5-13(6-8-15)20(22)23/h5-11,19,24H,3-4,12H2,1-2H3,(H3,22,23)(H,26,27)/t19-/m1/s1. The summed E-state index contributed by atoms with van der Waals surface area (Å²) in [6.07, 6.45) is 0.355. The molecular formula is C21H25N3O5. The minimum absolute atomic E-state index is 0.0631. The minimum atomic E-state index is -1.09. The lowest BCUT2D eigenvalue weighted by Gasteiger charge is -2.19. The number of benzene rings is 2. The topological polar surface area (TPSA) is 135 Å². The molecule has 29 heavy (non-hydrogen) atoms. The predicted octanol–water partition coefficient (Wildman–Crippen LogP) is 2.97. The van der Waals surface area contributed by atoms with E-state index in [0.29, 0.717) is 41.3 Å². The van der Waals surface area contributed by atoms with E-state index in [-0.39, 0.29) is 18.2 Å². The van der Waals surface area contributed by atoms with Crippen molar-refractivity contribution in [1.82, 2.24) is 0 Å². The summed E-state index contributed by atoms with van der Waals surface area (Å²) < 4.78 is 11.0. The van der Waals surface area contributed by atoms with Crippen LogP contribution < -0.4 is 20.5 Å². The first-order valence-electron chi connectivity index (χ1n) is 9.20. The van der Waals surface area contributed by atoms with Crippen LogP contribution in [0.2, 0.25) is 0 Å². The molecule has 5 N–H and O–H groups in total. The molecule has 8 heteroatoms. The zero-order valence-corrected chi connectivity index (χ0v) is 16.4. The summed E-state index contributed by atoms with van der Waals surface area (Å²) in [5, 5.41) is 20.1.